The molecule has 0 aromatic heterocycles. The molecule has 1 rings (SSSR count). The summed E-state index contributed by atoms with van der Waals surface area (Å²) in [6.45, 7) is 1.63. The van der Waals surface area contributed by atoms with Crippen LogP contribution in [0.3, 0.4) is 0 Å². The summed E-state index contributed by atoms with van der Waals surface area (Å²) in [5.74, 6) is -0.532. The Balaban J connectivity index is 3.00. The second-order valence-corrected chi connectivity index (χ2v) is 4.23. The van der Waals surface area contributed by atoms with E-state index in [1.165, 1.54) is 6.07 Å². The van der Waals surface area contributed by atoms with Crippen LogP contribution in [0.2, 0.25) is 0 Å². The highest BCUT2D eigenvalue weighted by molar-refractivity contribution is 14.1. The molecule has 0 spiro atoms. The van der Waals surface area contributed by atoms with Crippen molar-refractivity contribution >= 4 is 34.4 Å². The molecule has 0 saturated carbocycles. The first-order valence-electron chi connectivity index (χ1n) is 4.15. The maximum absolute atomic E-state index is 13.2. The Labute approximate surface area is 99.8 Å². The maximum Gasteiger partial charge on any atom is 0.405 e. The van der Waals surface area contributed by atoms with Crippen molar-refractivity contribution in [3.8, 4) is 0 Å². The Morgan fingerprint density at radius 2 is 2.27 bits per heavy atom. The zero-order chi connectivity index (χ0) is 11.6. The molecule has 0 heterocycles. The summed E-state index contributed by atoms with van der Waals surface area (Å²) in [5.41, 5.74) is 6.07. The highest BCUT2D eigenvalue weighted by Gasteiger charge is 2.12. The molecule has 0 aliphatic carbocycles. The van der Waals surface area contributed by atoms with Crippen molar-refractivity contribution in [3.63, 3.8) is 0 Å². The molecular formula is C9H10FIN2O2. The van der Waals surface area contributed by atoms with Gasteiger partial charge >= 0.3 is 6.09 Å². The molecule has 4 nitrogen and oxygen atoms in total. The van der Waals surface area contributed by atoms with Crippen molar-refractivity contribution in [1.82, 2.24) is 5.32 Å². The number of hydrogen-bond acceptors (Lipinski definition) is 2. The Kier molecular flexibility index (Phi) is 3.72. The second kappa shape index (κ2) is 4.65. The number of benzene rings is 1. The van der Waals surface area contributed by atoms with Crippen LogP contribution in [0.5, 0.6) is 0 Å². The van der Waals surface area contributed by atoms with Crippen molar-refractivity contribution in [2.45, 2.75) is 13.0 Å². The summed E-state index contributed by atoms with van der Waals surface area (Å²) < 4.78 is 13.8. The van der Waals surface area contributed by atoms with Crippen LogP contribution in [0.4, 0.5) is 14.9 Å². The molecule has 0 radical (unpaired) electrons. The van der Waals surface area contributed by atoms with Gasteiger partial charge in [-0.15, -0.1) is 0 Å². The summed E-state index contributed by atoms with van der Waals surface area (Å²) in [4.78, 5) is 10.4. The summed E-state index contributed by atoms with van der Waals surface area (Å²) >= 11 is 1.90. The average Bonchev–Trinajstić information content (AvgIpc) is 2.12. The first-order chi connectivity index (χ1) is 6.91. The summed E-state index contributed by atoms with van der Waals surface area (Å²) in [7, 11) is 0. The summed E-state index contributed by atoms with van der Waals surface area (Å²) in [6, 6.07) is 2.42. The molecule has 1 atom stereocenters. The van der Waals surface area contributed by atoms with E-state index in [1.54, 1.807) is 13.0 Å². The molecule has 0 fully saturated rings. The third-order valence-corrected chi connectivity index (χ3v) is 2.83. The highest BCUT2D eigenvalue weighted by atomic mass is 127. The minimum absolute atomic E-state index is 0.0851. The number of amides is 1. The fourth-order valence-corrected chi connectivity index (χ4v) is 1.74. The van der Waals surface area contributed by atoms with Crippen LogP contribution >= 0.6 is 22.6 Å². The minimum atomic E-state index is -1.14. The van der Waals surface area contributed by atoms with Gasteiger partial charge in [0.1, 0.15) is 5.82 Å². The number of nitrogen functional groups attached to an aromatic ring is 1. The monoisotopic (exact) mass is 324 g/mol. The van der Waals surface area contributed by atoms with Gasteiger partial charge < -0.3 is 16.2 Å². The SMILES string of the molecule is CC(NC(=O)O)c1cc(F)c(N)c(I)c1. The molecule has 0 aliphatic rings. The molecule has 0 aliphatic heterocycles. The van der Waals surface area contributed by atoms with Gasteiger partial charge in [0.25, 0.3) is 0 Å². The van der Waals surface area contributed by atoms with Crippen molar-refractivity contribution < 1.29 is 14.3 Å². The molecule has 1 unspecified atom stereocenters. The van der Waals surface area contributed by atoms with E-state index in [-0.39, 0.29) is 5.69 Å². The van der Waals surface area contributed by atoms with E-state index >= 15 is 0 Å². The number of nitrogens with one attached hydrogen (secondary N) is 1. The van der Waals surface area contributed by atoms with E-state index in [2.05, 4.69) is 5.32 Å². The first kappa shape index (κ1) is 12.0. The predicted molar refractivity (Wildman–Crippen MR) is 63.1 cm³/mol. The summed E-state index contributed by atoms with van der Waals surface area (Å²) in [6.07, 6.45) is -1.14. The maximum atomic E-state index is 13.2. The molecule has 6 heteroatoms. The lowest BCUT2D eigenvalue weighted by Gasteiger charge is -2.13. The van der Waals surface area contributed by atoms with Gasteiger partial charge in [0.15, 0.2) is 0 Å². The van der Waals surface area contributed by atoms with E-state index in [0.29, 0.717) is 9.13 Å². The Morgan fingerprint density at radius 1 is 1.67 bits per heavy atom. The van der Waals surface area contributed by atoms with E-state index in [1.807, 2.05) is 22.6 Å². The van der Waals surface area contributed by atoms with Gasteiger partial charge in [-0.1, -0.05) is 0 Å². The van der Waals surface area contributed by atoms with E-state index in [0.717, 1.165) is 0 Å². The molecular weight excluding hydrogens is 314 g/mol. The van der Waals surface area contributed by atoms with E-state index in [4.69, 9.17) is 10.8 Å². The fraction of sp³-hybridized carbons (Fsp3) is 0.222. The van der Waals surface area contributed by atoms with Crippen LogP contribution in [0.1, 0.15) is 18.5 Å². The Morgan fingerprint density at radius 3 is 2.73 bits per heavy atom. The second-order valence-electron chi connectivity index (χ2n) is 3.07. The lowest BCUT2D eigenvalue weighted by molar-refractivity contribution is 0.191. The number of rotatable bonds is 2. The molecule has 1 aromatic carbocycles. The van der Waals surface area contributed by atoms with Crippen LogP contribution in [-0.4, -0.2) is 11.2 Å². The molecule has 4 N–H and O–H groups in total. The van der Waals surface area contributed by atoms with E-state index < -0.39 is 18.0 Å². The topological polar surface area (TPSA) is 75.3 Å². The third kappa shape index (κ3) is 2.95. The molecule has 1 aromatic rings. The molecule has 82 valence electrons. The number of hydrogen-bond donors (Lipinski definition) is 3. The fourth-order valence-electron chi connectivity index (χ4n) is 1.12. The lowest BCUT2D eigenvalue weighted by Crippen LogP contribution is -2.24. The number of nitrogens with two attached hydrogens (primary N) is 1. The van der Waals surface area contributed by atoms with Crippen LogP contribution < -0.4 is 11.1 Å². The molecule has 1 amide bonds. The van der Waals surface area contributed by atoms with Gasteiger partial charge in [-0.25, -0.2) is 9.18 Å². The van der Waals surface area contributed by atoms with Gasteiger partial charge in [0.2, 0.25) is 0 Å². The van der Waals surface area contributed by atoms with Gasteiger partial charge in [0.05, 0.1) is 11.7 Å². The van der Waals surface area contributed by atoms with Gasteiger partial charge in [-0.2, -0.15) is 0 Å². The third-order valence-electron chi connectivity index (χ3n) is 1.94. The van der Waals surface area contributed by atoms with Crippen LogP contribution in [0.15, 0.2) is 12.1 Å². The normalized spacial score (nSPS) is 12.2. The minimum Gasteiger partial charge on any atom is -0.465 e. The van der Waals surface area contributed by atoms with Gasteiger partial charge in [0, 0.05) is 3.57 Å². The molecule has 0 bridgehead atoms. The predicted octanol–water partition coefficient (Wildman–Crippen LogP) is 2.34. The zero-order valence-electron chi connectivity index (χ0n) is 7.92. The van der Waals surface area contributed by atoms with Crippen LogP contribution in [0, 0.1) is 9.39 Å². The number of anilines is 1. The Hall–Kier alpha value is -1.05. The van der Waals surface area contributed by atoms with Crippen molar-refractivity contribution in [3.05, 3.63) is 27.1 Å². The van der Waals surface area contributed by atoms with Crippen molar-refractivity contribution in [2.24, 2.45) is 0 Å². The van der Waals surface area contributed by atoms with Gasteiger partial charge in [-0.05, 0) is 47.2 Å². The summed E-state index contributed by atoms with van der Waals surface area (Å²) in [5, 5.41) is 10.7. The van der Waals surface area contributed by atoms with Crippen molar-refractivity contribution in [2.75, 3.05) is 5.73 Å². The first-order valence-corrected chi connectivity index (χ1v) is 5.23. The zero-order valence-corrected chi connectivity index (χ0v) is 10.1. The molecule has 15 heavy (non-hydrogen) atoms. The number of carbonyl (C=O) groups is 1. The number of carboxylic acid groups (broad SMARTS) is 1. The van der Waals surface area contributed by atoms with Crippen LogP contribution in [0.25, 0.3) is 0 Å². The quantitative estimate of drug-likeness (QED) is 0.577. The number of halogens is 2. The standard InChI is InChI=1S/C9H10FIN2O2/c1-4(13-9(14)15)5-2-6(10)8(12)7(11)3-5/h2-4,13H,12H2,1H3,(H,14,15). The van der Waals surface area contributed by atoms with Crippen LogP contribution in [-0.2, 0) is 0 Å². The van der Waals surface area contributed by atoms with Crippen molar-refractivity contribution in [1.29, 1.82) is 0 Å². The van der Waals surface area contributed by atoms with E-state index in [9.17, 15) is 9.18 Å². The highest BCUT2D eigenvalue weighted by Crippen LogP contribution is 2.24. The van der Waals surface area contributed by atoms with Gasteiger partial charge in [-0.3, -0.25) is 0 Å². The smallest absolute Gasteiger partial charge is 0.405 e. The lowest BCUT2D eigenvalue weighted by atomic mass is 10.1. The largest absolute Gasteiger partial charge is 0.465 e. The average molecular weight is 324 g/mol. The molecule has 0 saturated heterocycles. The Bertz CT molecular complexity index is 375.